The number of carbonyl (C=O) groups excluding carboxylic acids is 4. The van der Waals surface area contributed by atoms with Crippen LogP contribution in [0.2, 0.25) is 0 Å². The van der Waals surface area contributed by atoms with Gasteiger partial charge in [-0.2, -0.15) is 46.9 Å². The number of hydrogen-bond acceptors (Lipinski definition) is 14. The summed E-state index contributed by atoms with van der Waals surface area (Å²) in [7, 11) is -16.5. The number of ether oxygens (including phenoxy) is 2. The van der Waals surface area contributed by atoms with Gasteiger partial charge in [-0.05, 0) is 109 Å². The Morgan fingerprint density at radius 1 is 0.689 bits per heavy atom. The van der Waals surface area contributed by atoms with E-state index in [2.05, 4.69) is 21.4 Å². The van der Waals surface area contributed by atoms with E-state index < -0.39 is 79.9 Å². The zero-order chi connectivity index (χ0) is 55.1. The summed E-state index contributed by atoms with van der Waals surface area (Å²) in [5, 5.41) is 2.79. The number of imide groups is 1. The number of halogens is 6. The van der Waals surface area contributed by atoms with Gasteiger partial charge >= 0.3 is 43.3 Å². The highest BCUT2D eigenvalue weighted by Crippen LogP contribution is 2.33. The first-order chi connectivity index (χ1) is 32.1. The molecule has 28 heteroatoms. The number of carbonyl (C=O) groups is 4. The molecule has 2 saturated heterocycles. The van der Waals surface area contributed by atoms with Crippen molar-refractivity contribution in [1.82, 2.24) is 20.1 Å². The first-order valence-electron chi connectivity index (χ1n) is 21.6. The molecule has 19 nitrogen and oxygen atoms in total. The third-order valence-electron chi connectivity index (χ3n) is 9.04. The fraction of sp³-hybridized carbons (Fsp3) is 0.630. The summed E-state index contributed by atoms with van der Waals surface area (Å²) in [6.07, 6.45) is 5.07. The third kappa shape index (κ3) is 25.7. The first-order valence-corrected chi connectivity index (χ1v) is 26.3. The standard InChI is InChI=1S/C12H18F3NO5S.C11H19NO3.C8H8F3NO4S2.C6H11NO.C6H7NO.3CH4/c1-8-5-6-9(21-22(18,19)12(13,14)15)16(7-8)10(17)20-11(2,3)4;1-8-5-6-9(13)12(7-8)10(14)15-11(2,3)4;1-17(13,14)12(7-5-3-2-4-6-7)18(15,16)8(9,10)11;2*1-5-2-3-6(8)7-4-5;;;/h6,8H,5,7H2,1-4H3;8H,5-7H2,1-4H3;2-6H,1H3;5H,2-4H2,1H3,(H,7,8);2-4H,1H3,(H,7,8);3*1H4. The zero-order valence-electron chi connectivity index (χ0n) is 41.1. The van der Waals surface area contributed by atoms with Crippen molar-refractivity contribution in [2.45, 2.75) is 146 Å². The summed E-state index contributed by atoms with van der Waals surface area (Å²) >= 11 is 0. The van der Waals surface area contributed by atoms with E-state index in [0.717, 1.165) is 54.5 Å². The molecule has 5 rings (SSSR count). The summed E-state index contributed by atoms with van der Waals surface area (Å²) in [5.74, 6) is 0.381. The summed E-state index contributed by atoms with van der Waals surface area (Å²) in [6.45, 7) is 19.3. The number of hydrogen-bond donors (Lipinski definition) is 2. The van der Waals surface area contributed by atoms with Gasteiger partial charge in [0, 0.05) is 44.7 Å². The largest absolute Gasteiger partial charge is 0.534 e. The molecule has 3 aliphatic rings. The van der Waals surface area contributed by atoms with Crippen molar-refractivity contribution in [3.05, 3.63) is 76.5 Å². The number of sulfonamides is 2. The molecule has 2 N–H and O–H groups in total. The van der Waals surface area contributed by atoms with Crippen LogP contribution in [0.25, 0.3) is 0 Å². The predicted molar refractivity (Wildman–Crippen MR) is 269 cm³/mol. The molecule has 3 unspecified atom stereocenters. The van der Waals surface area contributed by atoms with E-state index in [1.807, 2.05) is 13.8 Å². The monoisotopic (exact) mass is 1130 g/mol. The molecule has 74 heavy (non-hydrogen) atoms. The molecule has 4 heterocycles. The fourth-order valence-corrected chi connectivity index (χ4v) is 8.86. The first kappa shape index (κ1) is 72.9. The van der Waals surface area contributed by atoms with Crippen molar-refractivity contribution in [1.29, 1.82) is 0 Å². The van der Waals surface area contributed by atoms with E-state index in [-0.39, 0.29) is 58.5 Å². The summed E-state index contributed by atoms with van der Waals surface area (Å²) < 4.78 is 155. The molecule has 428 valence electrons. The number of benzene rings is 1. The minimum atomic E-state index is -6.00. The maximum absolute atomic E-state index is 12.4. The van der Waals surface area contributed by atoms with E-state index in [4.69, 9.17) is 9.47 Å². The predicted octanol–water partition coefficient (Wildman–Crippen LogP) is 9.58. The van der Waals surface area contributed by atoms with Crippen LogP contribution < -0.4 is 14.6 Å². The van der Waals surface area contributed by atoms with Crippen LogP contribution in [-0.2, 0) is 53.4 Å². The zero-order valence-corrected chi connectivity index (χ0v) is 43.6. The topological polar surface area (TPSA) is 253 Å². The van der Waals surface area contributed by atoms with E-state index in [9.17, 15) is 75.6 Å². The molecule has 2 aromatic rings. The van der Waals surface area contributed by atoms with Crippen molar-refractivity contribution in [2.24, 2.45) is 17.8 Å². The lowest BCUT2D eigenvalue weighted by atomic mass is 10.0. The Morgan fingerprint density at radius 2 is 1.18 bits per heavy atom. The Bertz CT molecular complexity index is 2520. The SMILES string of the molecule is C.C.C.CC1CC=C(OS(=O)(=O)C(F)(F)F)N(C(=O)OC(C)(C)C)C1.CC1CCC(=O)N(C(=O)OC(C)(C)C)C1.CC1CCC(=O)NC1.CS(=O)(=O)N(c1ccccc1)S(=O)(=O)C(F)(F)F.Cc1ccc(=O)[nH]c1. The summed E-state index contributed by atoms with van der Waals surface area (Å²) in [6, 6.07) is 9.03. The highest BCUT2D eigenvalue weighted by molar-refractivity contribution is 8.10. The van der Waals surface area contributed by atoms with Crippen LogP contribution in [0.3, 0.4) is 0 Å². The van der Waals surface area contributed by atoms with E-state index in [1.54, 1.807) is 60.7 Å². The number of alkyl halides is 6. The number of aromatic nitrogens is 1. The van der Waals surface area contributed by atoms with Gasteiger partial charge in [-0.3, -0.25) is 14.4 Å². The number of aryl methyl sites for hydroxylation is 1. The van der Waals surface area contributed by atoms with Crippen molar-refractivity contribution in [3.63, 3.8) is 0 Å². The lowest BCUT2D eigenvalue weighted by Crippen LogP contribution is -2.45. The summed E-state index contributed by atoms with van der Waals surface area (Å²) in [5.41, 5.74) is -12.3. The molecule has 0 bridgehead atoms. The smallest absolute Gasteiger partial charge is 0.443 e. The number of H-pyrrole nitrogens is 1. The number of para-hydroxylation sites is 1. The Hall–Kier alpha value is -5.38. The minimum Gasteiger partial charge on any atom is -0.443 e. The number of nitrogens with one attached hydrogen (secondary N) is 2. The molecule has 3 atom stereocenters. The van der Waals surface area contributed by atoms with Crippen molar-refractivity contribution >= 4 is 59.9 Å². The number of allylic oxidation sites excluding steroid dienone is 1. The average Bonchev–Trinajstić information content (AvgIpc) is 3.20. The molecular weight excluding hydrogens is 1060 g/mol. The second kappa shape index (κ2) is 29.6. The number of likely N-dealkylation sites (tertiary alicyclic amines) is 1. The van der Waals surface area contributed by atoms with Gasteiger partial charge in [-0.25, -0.2) is 27.8 Å². The number of amides is 4. The van der Waals surface area contributed by atoms with Crippen LogP contribution in [0.4, 0.5) is 41.6 Å². The van der Waals surface area contributed by atoms with Crippen molar-refractivity contribution in [2.75, 3.05) is 29.6 Å². The van der Waals surface area contributed by atoms with Crippen LogP contribution >= 0.6 is 0 Å². The highest BCUT2D eigenvalue weighted by Gasteiger charge is 2.53. The van der Waals surface area contributed by atoms with Crippen molar-refractivity contribution < 1.29 is 84.4 Å². The van der Waals surface area contributed by atoms with Crippen LogP contribution in [0.5, 0.6) is 0 Å². The molecule has 1 aromatic heterocycles. The fourth-order valence-electron chi connectivity index (χ4n) is 5.61. The molecule has 3 aliphatic heterocycles. The van der Waals surface area contributed by atoms with Crippen LogP contribution in [0, 0.1) is 24.7 Å². The highest BCUT2D eigenvalue weighted by atomic mass is 32.3. The quantitative estimate of drug-likeness (QED) is 0.161. The summed E-state index contributed by atoms with van der Waals surface area (Å²) in [4.78, 5) is 60.5. The third-order valence-corrected chi connectivity index (χ3v) is 13.4. The van der Waals surface area contributed by atoms with E-state index >= 15 is 0 Å². The molecule has 0 aliphatic carbocycles. The van der Waals surface area contributed by atoms with Crippen molar-refractivity contribution in [3.8, 4) is 0 Å². The molecule has 0 radical (unpaired) electrons. The number of aromatic amines is 1. The Morgan fingerprint density at radius 3 is 1.57 bits per heavy atom. The van der Waals surface area contributed by atoms with Crippen LogP contribution in [0.15, 0.2) is 65.4 Å². The Kier molecular flexibility index (Phi) is 29.2. The molecule has 4 amide bonds. The maximum Gasteiger partial charge on any atom is 0.534 e. The maximum atomic E-state index is 12.4. The number of nitrogens with zero attached hydrogens (tertiary/aromatic N) is 3. The molecule has 2 fully saturated rings. The molecule has 0 saturated carbocycles. The van der Waals surface area contributed by atoms with Crippen LogP contribution in [0.1, 0.15) is 122 Å². The van der Waals surface area contributed by atoms with E-state index in [1.165, 1.54) is 29.2 Å². The lowest BCUT2D eigenvalue weighted by molar-refractivity contribution is -0.133. The normalized spacial score (nSPS) is 18.1. The number of pyridine rings is 1. The lowest BCUT2D eigenvalue weighted by Gasteiger charge is -2.32. The van der Waals surface area contributed by atoms with Gasteiger partial charge in [0.2, 0.25) is 33.3 Å². The number of rotatable bonds is 5. The molecular formula is C46H75F6N5O14S3. The van der Waals surface area contributed by atoms with Gasteiger partial charge < -0.3 is 24.0 Å². The molecule has 1 aromatic carbocycles. The van der Waals surface area contributed by atoms with Gasteiger partial charge in [-0.15, -0.1) is 0 Å². The number of piperidine rings is 2. The van der Waals surface area contributed by atoms with Gasteiger partial charge in [0.1, 0.15) is 11.2 Å². The van der Waals surface area contributed by atoms with Gasteiger partial charge in [-0.1, -0.05) is 67.3 Å². The average molecular weight is 1130 g/mol. The molecule has 0 spiro atoms. The minimum absolute atomic E-state index is 0. The van der Waals surface area contributed by atoms with Gasteiger partial charge in [0.15, 0.2) is 0 Å². The second-order valence-electron chi connectivity index (χ2n) is 18.5. The second-order valence-corrected chi connectivity index (χ2v) is 23.9. The Balaban J connectivity index is -0.000000881. The van der Waals surface area contributed by atoms with Gasteiger partial charge in [0.25, 0.3) is 0 Å². The Labute approximate surface area is 432 Å². The van der Waals surface area contributed by atoms with E-state index in [0.29, 0.717) is 31.1 Å². The van der Waals surface area contributed by atoms with Crippen LogP contribution in [-0.4, -0.2) is 112 Å². The van der Waals surface area contributed by atoms with Gasteiger partial charge in [0.05, 0.1) is 11.9 Å². The number of anilines is 1.